The average Bonchev–Trinajstić information content (AvgIpc) is 3.33. The smallest absolute Gasteiger partial charge is 0.222 e. The van der Waals surface area contributed by atoms with Gasteiger partial charge in [0.2, 0.25) is 5.95 Å². The summed E-state index contributed by atoms with van der Waals surface area (Å²) in [7, 11) is 0. The zero-order valence-corrected chi connectivity index (χ0v) is 21.4. The molecule has 4 aromatic rings. The Kier molecular flexibility index (Phi) is 6.07. The number of nitrogens with zero attached hydrogens (tertiary/aromatic N) is 6. The fourth-order valence-electron chi connectivity index (χ4n) is 6.30. The molecular formula is C28H27F2N7O2. The van der Waals surface area contributed by atoms with Gasteiger partial charge in [-0.1, -0.05) is 19.9 Å². The molecule has 0 saturated heterocycles. The molecule has 2 aliphatic rings. The van der Waals surface area contributed by atoms with E-state index in [2.05, 4.69) is 44.3 Å². The Balaban J connectivity index is 1.38. The predicted octanol–water partition coefficient (Wildman–Crippen LogP) is 3.64. The first-order valence-corrected chi connectivity index (χ1v) is 12.8. The first kappa shape index (κ1) is 25.3. The Morgan fingerprint density at radius 1 is 1.08 bits per heavy atom. The van der Waals surface area contributed by atoms with Gasteiger partial charge in [0.15, 0.2) is 5.82 Å². The van der Waals surface area contributed by atoms with Crippen LogP contribution in [0.2, 0.25) is 0 Å². The van der Waals surface area contributed by atoms with Crippen LogP contribution in [0.25, 0.3) is 22.6 Å². The maximum Gasteiger partial charge on any atom is 0.222 e. The van der Waals surface area contributed by atoms with E-state index in [0.717, 1.165) is 29.8 Å². The van der Waals surface area contributed by atoms with Crippen LogP contribution in [0.15, 0.2) is 48.9 Å². The second-order valence-electron chi connectivity index (χ2n) is 10.6. The van der Waals surface area contributed by atoms with Crippen molar-refractivity contribution < 1.29 is 19.0 Å². The molecule has 3 N–H and O–H groups in total. The van der Waals surface area contributed by atoms with Crippen molar-refractivity contribution in [1.82, 2.24) is 30.1 Å². The lowest BCUT2D eigenvalue weighted by Crippen LogP contribution is -2.38. The summed E-state index contributed by atoms with van der Waals surface area (Å²) in [5.41, 5.74) is 2.33. The highest BCUT2D eigenvalue weighted by molar-refractivity contribution is 5.64. The molecule has 39 heavy (non-hydrogen) atoms. The summed E-state index contributed by atoms with van der Waals surface area (Å²) in [5.74, 6) is -0.458. The third-order valence-corrected chi connectivity index (χ3v) is 8.31. The van der Waals surface area contributed by atoms with Gasteiger partial charge in [0.25, 0.3) is 0 Å². The quantitative estimate of drug-likeness (QED) is 0.327. The molecule has 11 heteroatoms. The predicted molar refractivity (Wildman–Crippen MR) is 139 cm³/mol. The van der Waals surface area contributed by atoms with E-state index in [9.17, 15) is 13.9 Å². The third-order valence-electron chi connectivity index (χ3n) is 8.31. The van der Waals surface area contributed by atoms with Crippen molar-refractivity contribution in [1.29, 1.82) is 0 Å². The van der Waals surface area contributed by atoms with Crippen LogP contribution in [0, 0.1) is 17.0 Å². The van der Waals surface area contributed by atoms with Gasteiger partial charge < -0.3 is 15.5 Å². The lowest BCUT2D eigenvalue weighted by Gasteiger charge is -2.37. The van der Waals surface area contributed by atoms with E-state index in [1.54, 1.807) is 24.7 Å². The molecule has 1 fully saturated rings. The van der Waals surface area contributed by atoms with Crippen LogP contribution in [0.1, 0.15) is 49.6 Å². The van der Waals surface area contributed by atoms with Crippen LogP contribution in [0.4, 0.5) is 14.7 Å². The number of fused-ring (bicyclic) bond motifs is 5. The normalized spacial score (nSPS) is 21.5. The standard InChI is InChI=1S/C28H27F2N7O2/c1-27(2)18-6-8-28(27,24-17(18)10-21(36-37-24)23-19(29)4-3-5-20(23)30)22-7-9-31-25(35-22)15-11-32-26(33-12-15)34-13-16(39)14-38/h3-5,7,9-12,16,18,38-39H,6,8,13-14H2,1-2H3,(H,32,33,34)/t16-,18-,28+/m0/s1. The molecule has 9 nitrogen and oxygen atoms in total. The third kappa shape index (κ3) is 3.87. The van der Waals surface area contributed by atoms with E-state index in [1.807, 2.05) is 6.07 Å². The summed E-state index contributed by atoms with van der Waals surface area (Å²) in [5, 5.41) is 30.2. The minimum Gasteiger partial charge on any atom is -0.394 e. The number of anilines is 1. The monoisotopic (exact) mass is 531 g/mol. The van der Waals surface area contributed by atoms with E-state index in [0.29, 0.717) is 17.3 Å². The topological polar surface area (TPSA) is 130 Å². The molecule has 0 spiro atoms. The van der Waals surface area contributed by atoms with E-state index in [1.165, 1.54) is 18.2 Å². The second kappa shape index (κ2) is 9.35. The van der Waals surface area contributed by atoms with Crippen LogP contribution >= 0.6 is 0 Å². The van der Waals surface area contributed by atoms with Gasteiger partial charge in [-0.05, 0) is 54.0 Å². The highest BCUT2D eigenvalue weighted by Crippen LogP contribution is 2.69. The van der Waals surface area contributed by atoms with Crippen molar-refractivity contribution >= 4 is 5.95 Å². The lowest BCUT2D eigenvalue weighted by molar-refractivity contribution is 0.105. The van der Waals surface area contributed by atoms with Gasteiger partial charge in [-0.15, -0.1) is 5.10 Å². The molecule has 0 amide bonds. The van der Waals surface area contributed by atoms with Gasteiger partial charge >= 0.3 is 0 Å². The lowest BCUT2D eigenvalue weighted by atomic mass is 9.66. The average molecular weight is 532 g/mol. The van der Waals surface area contributed by atoms with Crippen LogP contribution in [-0.4, -0.2) is 59.6 Å². The second-order valence-corrected chi connectivity index (χ2v) is 10.6. The molecule has 3 aromatic heterocycles. The van der Waals surface area contributed by atoms with Crippen LogP contribution in [0.3, 0.4) is 0 Å². The molecular weight excluding hydrogens is 504 g/mol. The first-order chi connectivity index (χ1) is 18.8. The number of rotatable bonds is 7. The van der Waals surface area contributed by atoms with Crippen molar-refractivity contribution in [2.45, 2.75) is 44.1 Å². The summed E-state index contributed by atoms with van der Waals surface area (Å²) in [6.07, 6.45) is 5.67. The Morgan fingerprint density at radius 2 is 1.82 bits per heavy atom. The maximum atomic E-state index is 14.5. The van der Waals surface area contributed by atoms with Crippen molar-refractivity contribution in [2.24, 2.45) is 5.41 Å². The minimum absolute atomic E-state index is 0.117. The largest absolute Gasteiger partial charge is 0.394 e. The number of hydrogen-bond acceptors (Lipinski definition) is 9. The summed E-state index contributed by atoms with van der Waals surface area (Å²) >= 11 is 0. The van der Waals surface area contributed by atoms with E-state index >= 15 is 0 Å². The summed E-state index contributed by atoms with van der Waals surface area (Å²) in [6, 6.07) is 7.45. The van der Waals surface area contributed by atoms with Gasteiger partial charge in [-0.25, -0.2) is 28.7 Å². The minimum atomic E-state index is -0.912. The summed E-state index contributed by atoms with van der Waals surface area (Å²) in [6.45, 7) is 4.12. The Morgan fingerprint density at radius 3 is 2.54 bits per heavy atom. The number of hydrogen-bond donors (Lipinski definition) is 3. The molecule has 0 radical (unpaired) electrons. The molecule has 0 aliphatic heterocycles. The van der Waals surface area contributed by atoms with Gasteiger partial charge in [-0.2, -0.15) is 5.10 Å². The summed E-state index contributed by atoms with van der Waals surface area (Å²) < 4.78 is 29.1. The molecule has 6 rings (SSSR count). The van der Waals surface area contributed by atoms with Crippen molar-refractivity contribution in [3.63, 3.8) is 0 Å². The van der Waals surface area contributed by atoms with Gasteiger partial charge in [0.05, 0.1) is 46.3 Å². The van der Waals surface area contributed by atoms with Gasteiger partial charge in [0, 0.05) is 25.1 Å². The Bertz CT molecular complexity index is 1530. The number of aromatic nitrogens is 6. The number of benzene rings is 1. The van der Waals surface area contributed by atoms with Gasteiger partial charge in [-0.3, -0.25) is 0 Å². The Hall–Kier alpha value is -3.96. The fourth-order valence-corrected chi connectivity index (χ4v) is 6.30. The molecule has 2 bridgehead atoms. The van der Waals surface area contributed by atoms with Gasteiger partial charge in [0.1, 0.15) is 11.6 Å². The van der Waals surface area contributed by atoms with Crippen LogP contribution in [0.5, 0.6) is 0 Å². The molecule has 3 atom stereocenters. The molecule has 1 saturated carbocycles. The van der Waals surface area contributed by atoms with Crippen molar-refractivity contribution in [3.8, 4) is 22.6 Å². The number of nitrogens with one attached hydrogen (secondary N) is 1. The van der Waals surface area contributed by atoms with Crippen molar-refractivity contribution in [2.75, 3.05) is 18.5 Å². The molecule has 200 valence electrons. The Labute approximate surface area is 223 Å². The SMILES string of the molecule is CC1(C)[C@H]2CC[C@@]1(c1ccnc(-c3cnc(NC[C@H](O)CO)nc3)n1)c1nnc(-c3c(F)cccc3F)cc12. The van der Waals surface area contributed by atoms with Crippen LogP contribution < -0.4 is 5.32 Å². The first-order valence-electron chi connectivity index (χ1n) is 12.8. The fraction of sp³-hybridized carbons (Fsp3) is 0.357. The molecule has 2 aliphatic carbocycles. The van der Waals surface area contributed by atoms with Crippen molar-refractivity contribution in [3.05, 3.63) is 77.5 Å². The van der Waals surface area contributed by atoms with E-state index in [4.69, 9.17) is 10.1 Å². The highest BCUT2D eigenvalue weighted by atomic mass is 19.1. The highest BCUT2D eigenvalue weighted by Gasteiger charge is 2.65. The van der Waals surface area contributed by atoms with Crippen LogP contribution in [-0.2, 0) is 5.41 Å². The van der Waals surface area contributed by atoms with E-state index in [-0.39, 0.29) is 35.7 Å². The summed E-state index contributed by atoms with van der Waals surface area (Å²) in [4.78, 5) is 17.9. The number of halogens is 2. The number of aliphatic hydroxyl groups excluding tert-OH is 2. The zero-order valence-electron chi connectivity index (χ0n) is 21.4. The maximum absolute atomic E-state index is 14.5. The molecule has 0 unspecified atom stereocenters. The number of aliphatic hydroxyl groups is 2. The zero-order chi connectivity index (χ0) is 27.4. The van der Waals surface area contributed by atoms with E-state index < -0.39 is 23.2 Å². The molecule has 3 heterocycles. The molecule has 1 aromatic carbocycles.